The van der Waals surface area contributed by atoms with Crippen LogP contribution in [-0.4, -0.2) is 5.97 Å². The fourth-order valence-corrected chi connectivity index (χ4v) is 7.47. The average Bonchev–Trinajstić information content (AvgIpc) is 2.89. The fourth-order valence-electron chi connectivity index (χ4n) is 7.47. The monoisotopic (exact) mass is 466 g/mol. The van der Waals surface area contributed by atoms with Crippen LogP contribution in [-0.2, 0) is 4.79 Å². The van der Waals surface area contributed by atoms with E-state index >= 15 is 0 Å². The minimum Gasteiger partial charge on any atom is -0.426 e. The van der Waals surface area contributed by atoms with Crippen LogP contribution in [0, 0.1) is 29.6 Å². The lowest BCUT2D eigenvalue weighted by Gasteiger charge is -2.37. The van der Waals surface area contributed by atoms with E-state index < -0.39 is 0 Å². The summed E-state index contributed by atoms with van der Waals surface area (Å²) in [5.74, 6) is 5.24. The number of unbranched alkanes of at least 4 members (excludes halogenated alkanes) is 1. The van der Waals surface area contributed by atoms with Gasteiger partial charge in [-0.2, -0.15) is 0 Å². The van der Waals surface area contributed by atoms with Crippen LogP contribution in [0.4, 0.5) is 0 Å². The second-order valence-corrected chi connectivity index (χ2v) is 12.0. The zero-order chi connectivity index (χ0) is 23.8. The smallest absolute Gasteiger partial charge is 0.314 e. The molecule has 0 aromatic heterocycles. The molecule has 0 amide bonds. The molecule has 2 nitrogen and oxygen atoms in total. The lowest BCUT2D eigenvalue weighted by atomic mass is 9.68. The highest BCUT2D eigenvalue weighted by molar-refractivity contribution is 5.75. The van der Waals surface area contributed by atoms with E-state index in [2.05, 4.69) is 26.0 Å². The predicted octanol–water partition coefficient (Wildman–Crippen LogP) is 9.47. The van der Waals surface area contributed by atoms with Crippen LogP contribution >= 0.6 is 0 Å². The molecular weight excluding hydrogens is 416 g/mol. The standard InChI is InChI=1S/C32H50O2/c1-3-5-7-25-10-14-26(15-11-25)28-16-18-30(19-17-28)32(33)34-31-22-20-29(21-23-31)27-12-8-24(6-4-2)9-13-27/h20-28,30H,3-19H2,1-2H3. The van der Waals surface area contributed by atoms with Gasteiger partial charge in [-0.1, -0.05) is 70.9 Å². The van der Waals surface area contributed by atoms with Crippen molar-refractivity contribution in [3.05, 3.63) is 29.8 Å². The number of esters is 1. The van der Waals surface area contributed by atoms with Gasteiger partial charge < -0.3 is 4.74 Å². The Labute approximate surface area is 209 Å². The van der Waals surface area contributed by atoms with Gasteiger partial charge in [0.25, 0.3) is 0 Å². The highest BCUT2D eigenvalue weighted by atomic mass is 16.5. The molecule has 1 aromatic carbocycles. The molecule has 0 unspecified atom stereocenters. The zero-order valence-electron chi connectivity index (χ0n) is 22.1. The lowest BCUT2D eigenvalue weighted by Crippen LogP contribution is -2.30. The zero-order valence-corrected chi connectivity index (χ0v) is 22.1. The van der Waals surface area contributed by atoms with Gasteiger partial charge in [-0.3, -0.25) is 4.79 Å². The quantitative estimate of drug-likeness (QED) is 0.267. The van der Waals surface area contributed by atoms with E-state index in [9.17, 15) is 4.79 Å². The van der Waals surface area contributed by atoms with E-state index in [4.69, 9.17) is 4.74 Å². The molecule has 3 aliphatic rings. The summed E-state index contributed by atoms with van der Waals surface area (Å²) < 4.78 is 5.84. The molecule has 0 bridgehead atoms. The minimum absolute atomic E-state index is 0.00884. The Bertz CT molecular complexity index is 714. The van der Waals surface area contributed by atoms with E-state index in [0.29, 0.717) is 5.92 Å². The molecule has 34 heavy (non-hydrogen) atoms. The maximum absolute atomic E-state index is 12.9. The molecule has 0 saturated heterocycles. The van der Waals surface area contributed by atoms with E-state index in [-0.39, 0.29) is 11.9 Å². The Morgan fingerprint density at radius 1 is 0.706 bits per heavy atom. The van der Waals surface area contributed by atoms with E-state index in [1.807, 2.05) is 12.1 Å². The summed E-state index contributed by atoms with van der Waals surface area (Å²) >= 11 is 0. The van der Waals surface area contributed by atoms with Crippen molar-refractivity contribution >= 4 is 5.97 Å². The van der Waals surface area contributed by atoms with Gasteiger partial charge in [0.1, 0.15) is 5.75 Å². The Morgan fingerprint density at radius 3 is 1.85 bits per heavy atom. The highest BCUT2D eigenvalue weighted by Gasteiger charge is 2.33. The van der Waals surface area contributed by atoms with Gasteiger partial charge >= 0.3 is 5.97 Å². The largest absolute Gasteiger partial charge is 0.426 e. The first-order chi connectivity index (χ1) is 16.7. The molecule has 0 N–H and O–H groups in total. The van der Waals surface area contributed by atoms with Gasteiger partial charge in [-0.15, -0.1) is 0 Å². The van der Waals surface area contributed by atoms with Gasteiger partial charge in [-0.05, 0) is 111 Å². The number of carbonyl (C=O) groups excluding carboxylic acids is 1. The van der Waals surface area contributed by atoms with E-state index in [1.165, 1.54) is 102 Å². The minimum atomic E-state index is 0.00884. The molecular formula is C32H50O2. The molecule has 0 radical (unpaired) electrons. The lowest BCUT2D eigenvalue weighted by molar-refractivity contribution is -0.140. The van der Waals surface area contributed by atoms with Gasteiger partial charge in [0.05, 0.1) is 5.92 Å². The van der Waals surface area contributed by atoms with Gasteiger partial charge in [0.15, 0.2) is 0 Å². The molecule has 0 atom stereocenters. The summed E-state index contributed by atoms with van der Waals surface area (Å²) in [4.78, 5) is 12.9. The third-order valence-corrected chi connectivity index (χ3v) is 9.74. The molecule has 2 heteroatoms. The molecule has 4 rings (SSSR count). The first-order valence-corrected chi connectivity index (χ1v) is 15.0. The van der Waals surface area contributed by atoms with Crippen LogP contribution in [0.3, 0.4) is 0 Å². The van der Waals surface area contributed by atoms with Crippen LogP contribution in [0.5, 0.6) is 5.75 Å². The number of carbonyl (C=O) groups is 1. The van der Waals surface area contributed by atoms with Crippen molar-refractivity contribution in [1.29, 1.82) is 0 Å². The van der Waals surface area contributed by atoms with Crippen molar-refractivity contribution in [3.63, 3.8) is 0 Å². The predicted molar refractivity (Wildman–Crippen MR) is 142 cm³/mol. The van der Waals surface area contributed by atoms with Gasteiger partial charge in [0.2, 0.25) is 0 Å². The topological polar surface area (TPSA) is 26.3 Å². The van der Waals surface area contributed by atoms with Crippen molar-refractivity contribution in [2.45, 2.75) is 129 Å². The summed E-state index contributed by atoms with van der Waals surface area (Å²) in [5.41, 5.74) is 1.43. The van der Waals surface area contributed by atoms with Crippen LogP contribution in [0.2, 0.25) is 0 Å². The van der Waals surface area contributed by atoms with Crippen molar-refractivity contribution in [3.8, 4) is 5.75 Å². The average molecular weight is 467 g/mol. The molecule has 1 aromatic rings. The van der Waals surface area contributed by atoms with Gasteiger partial charge in [0, 0.05) is 0 Å². The molecule has 3 fully saturated rings. The number of hydrogen-bond donors (Lipinski definition) is 0. The Kier molecular flexibility index (Phi) is 9.95. The first-order valence-electron chi connectivity index (χ1n) is 15.0. The highest BCUT2D eigenvalue weighted by Crippen LogP contribution is 2.43. The summed E-state index contributed by atoms with van der Waals surface area (Å²) in [6.45, 7) is 4.61. The molecule has 0 spiro atoms. The van der Waals surface area contributed by atoms with E-state index in [0.717, 1.165) is 42.3 Å². The number of hydrogen-bond acceptors (Lipinski definition) is 2. The van der Waals surface area contributed by atoms with Gasteiger partial charge in [-0.25, -0.2) is 0 Å². The SMILES string of the molecule is CCCCC1CCC(C2CCC(C(=O)Oc3ccc(C4CCC(CCC)CC4)cc3)CC2)CC1. The Morgan fingerprint density at radius 2 is 1.26 bits per heavy atom. The maximum Gasteiger partial charge on any atom is 0.314 e. The fraction of sp³-hybridized carbons (Fsp3) is 0.781. The number of ether oxygens (including phenoxy) is 1. The third-order valence-electron chi connectivity index (χ3n) is 9.74. The van der Waals surface area contributed by atoms with Crippen molar-refractivity contribution in [2.24, 2.45) is 29.6 Å². The first kappa shape index (κ1) is 25.8. The van der Waals surface area contributed by atoms with Crippen LogP contribution in [0.15, 0.2) is 24.3 Å². The molecule has 3 saturated carbocycles. The molecule has 0 aliphatic heterocycles. The van der Waals surface area contributed by atoms with Crippen molar-refractivity contribution < 1.29 is 9.53 Å². The normalized spacial score (nSPS) is 32.3. The summed E-state index contributed by atoms with van der Waals surface area (Å²) in [6, 6.07) is 8.49. The van der Waals surface area contributed by atoms with Crippen molar-refractivity contribution in [1.82, 2.24) is 0 Å². The summed E-state index contributed by atoms with van der Waals surface area (Å²) in [7, 11) is 0. The second-order valence-electron chi connectivity index (χ2n) is 12.0. The third kappa shape index (κ3) is 7.11. The van der Waals surface area contributed by atoms with E-state index in [1.54, 1.807) is 0 Å². The molecule has 3 aliphatic carbocycles. The Balaban J connectivity index is 1.17. The molecule has 190 valence electrons. The second kappa shape index (κ2) is 13.1. The number of rotatable bonds is 9. The Hall–Kier alpha value is -1.31. The van der Waals surface area contributed by atoms with Crippen LogP contribution in [0.25, 0.3) is 0 Å². The van der Waals surface area contributed by atoms with Crippen LogP contribution in [0.1, 0.15) is 134 Å². The van der Waals surface area contributed by atoms with Crippen molar-refractivity contribution in [2.75, 3.05) is 0 Å². The van der Waals surface area contributed by atoms with Crippen LogP contribution < -0.4 is 4.74 Å². The molecule has 0 heterocycles. The maximum atomic E-state index is 12.9. The summed E-state index contributed by atoms with van der Waals surface area (Å²) in [6.07, 6.45) is 22.5. The number of benzene rings is 1. The summed E-state index contributed by atoms with van der Waals surface area (Å²) in [5, 5.41) is 0.